The first kappa shape index (κ1) is 24.6. The SMILES string of the molecule is CCOc1cccc(C2C(C(=O)c3cc4cc(Br)ccc4o3)=C(O)C(=O)N2c2cccc(OCC)c2)c1. The fourth-order valence-corrected chi connectivity index (χ4v) is 4.89. The van der Waals surface area contributed by atoms with Gasteiger partial charge in [-0.25, -0.2) is 0 Å². The van der Waals surface area contributed by atoms with E-state index >= 15 is 0 Å². The van der Waals surface area contributed by atoms with Crippen LogP contribution in [-0.4, -0.2) is 30.0 Å². The van der Waals surface area contributed by atoms with E-state index in [0.717, 1.165) is 9.86 Å². The van der Waals surface area contributed by atoms with Crippen molar-refractivity contribution in [2.24, 2.45) is 0 Å². The van der Waals surface area contributed by atoms with Crippen LogP contribution in [0.25, 0.3) is 11.0 Å². The lowest BCUT2D eigenvalue weighted by Gasteiger charge is -2.27. The van der Waals surface area contributed by atoms with E-state index in [4.69, 9.17) is 13.9 Å². The van der Waals surface area contributed by atoms with Gasteiger partial charge in [0.15, 0.2) is 11.5 Å². The molecule has 5 rings (SSSR count). The topological polar surface area (TPSA) is 89.2 Å². The summed E-state index contributed by atoms with van der Waals surface area (Å²) < 4.78 is 18.0. The fraction of sp³-hybridized carbons (Fsp3) is 0.172. The van der Waals surface area contributed by atoms with Crippen LogP contribution in [0.15, 0.2) is 93.0 Å². The number of aliphatic hydroxyl groups excluding tert-OH is 1. The summed E-state index contributed by atoms with van der Waals surface area (Å²) in [6.45, 7) is 4.64. The standard InChI is InChI=1S/C29H24BrNO6/c1-3-35-21-9-5-7-17(14-21)26-25(27(32)24-15-18-13-19(30)11-12-23(18)37-24)28(33)29(34)31(26)20-8-6-10-22(16-20)36-4-2/h5-16,26,33H,3-4H2,1-2H3. The van der Waals surface area contributed by atoms with Crippen LogP contribution in [0.4, 0.5) is 5.69 Å². The van der Waals surface area contributed by atoms with Gasteiger partial charge in [0, 0.05) is 21.6 Å². The number of hydrogen-bond donors (Lipinski definition) is 1. The molecule has 1 atom stereocenters. The van der Waals surface area contributed by atoms with Crippen molar-refractivity contribution in [1.82, 2.24) is 0 Å². The second-order valence-corrected chi connectivity index (χ2v) is 9.31. The zero-order valence-electron chi connectivity index (χ0n) is 20.2. The van der Waals surface area contributed by atoms with Gasteiger partial charge in [-0.05, 0) is 67.9 Å². The largest absolute Gasteiger partial charge is 0.503 e. The van der Waals surface area contributed by atoms with Crippen LogP contribution in [0.2, 0.25) is 0 Å². The first-order valence-electron chi connectivity index (χ1n) is 11.9. The number of carbonyl (C=O) groups is 2. The summed E-state index contributed by atoms with van der Waals surface area (Å²) in [7, 11) is 0. The molecular formula is C29H24BrNO6. The molecule has 0 radical (unpaired) electrons. The van der Waals surface area contributed by atoms with Crippen LogP contribution in [-0.2, 0) is 4.79 Å². The molecule has 1 unspecified atom stereocenters. The van der Waals surface area contributed by atoms with E-state index in [1.807, 2.05) is 26.0 Å². The zero-order chi connectivity index (χ0) is 26.1. The van der Waals surface area contributed by atoms with Crippen LogP contribution in [0.3, 0.4) is 0 Å². The Bertz CT molecular complexity index is 1540. The van der Waals surface area contributed by atoms with Crippen LogP contribution in [0.5, 0.6) is 11.5 Å². The van der Waals surface area contributed by atoms with E-state index in [2.05, 4.69) is 15.9 Å². The molecule has 37 heavy (non-hydrogen) atoms. The molecule has 1 aromatic heterocycles. The molecular weight excluding hydrogens is 538 g/mol. The Morgan fingerprint density at radius 2 is 1.68 bits per heavy atom. The van der Waals surface area contributed by atoms with Crippen molar-refractivity contribution in [1.29, 1.82) is 0 Å². The van der Waals surface area contributed by atoms with E-state index in [1.54, 1.807) is 60.7 Å². The highest BCUT2D eigenvalue weighted by atomic mass is 79.9. The van der Waals surface area contributed by atoms with Gasteiger partial charge >= 0.3 is 0 Å². The van der Waals surface area contributed by atoms with Crippen LogP contribution in [0, 0.1) is 0 Å². The maximum Gasteiger partial charge on any atom is 0.294 e. The van der Waals surface area contributed by atoms with Crippen molar-refractivity contribution in [3.8, 4) is 11.5 Å². The minimum atomic E-state index is -0.919. The van der Waals surface area contributed by atoms with Crippen molar-refractivity contribution >= 4 is 44.3 Å². The summed E-state index contributed by atoms with van der Waals surface area (Å²) in [5.74, 6) is -0.714. The molecule has 0 saturated heterocycles. The third-order valence-electron chi connectivity index (χ3n) is 6.05. The maximum atomic E-state index is 13.8. The first-order chi connectivity index (χ1) is 17.9. The number of anilines is 1. The second-order valence-electron chi connectivity index (χ2n) is 8.40. The fourth-order valence-electron chi connectivity index (χ4n) is 4.51. The van der Waals surface area contributed by atoms with Gasteiger partial charge in [-0.15, -0.1) is 0 Å². The first-order valence-corrected chi connectivity index (χ1v) is 12.7. The lowest BCUT2D eigenvalue weighted by molar-refractivity contribution is -0.117. The number of fused-ring (bicyclic) bond motifs is 1. The molecule has 8 heteroatoms. The third kappa shape index (κ3) is 4.60. The summed E-state index contributed by atoms with van der Waals surface area (Å²) in [6, 6.07) is 20.2. The average molecular weight is 562 g/mol. The van der Waals surface area contributed by atoms with E-state index in [9.17, 15) is 14.7 Å². The van der Waals surface area contributed by atoms with Crippen molar-refractivity contribution in [2.75, 3.05) is 18.1 Å². The molecule has 1 aliphatic heterocycles. The minimum Gasteiger partial charge on any atom is -0.503 e. The Kier molecular flexibility index (Phi) is 6.76. The number of nitrogens with zero attached hydrogens (tertiary/aromatic N) is 1. The van der Waals surface area contributed by atoms with Crippen LogP contribution < -0.4 is 14.4 Å². The lowest BCUT2D eigenvalue weighted by atomic mass is 9.94. The van der Waals surface area contributed by atoms with Gasteiger partial charge in [-0.3, -0.25) is 14.5 Å². The molecule has 7 nitrogen and oxygen atoms in total. The third-order valence-corrected chi connectivity index (χ3v) is 6.54. The van der Waals surface area contributed by atoms with Crippen molar-refractivity contribution < 1.29 is 28.6 Å². The van der Waals surface area contributed by atoms with Gasteiger partial charge in [0.2, 0.25) is 5.78 Å². The number of amides is 1. The Morgan fingerprint density at radius 1 is 0.973 bits per heavy atom. The predicted octanol–water partition coefficient (Wildman–Crippen LogP) is 6.78. The molecule has 0 spiro atoms. The molecule has 188 valence electrons. The number of benzene rings is 3. The molecule has 1 aliphatic rings. The quantitative estimate of drug-likeness (QED) is 0.238. The number of rotatable bonds is 8. The van der Waals surface area contributed by atoms with Gasteiger partial charge in [-0.2, -0.15) is 0 Å². The van der Waals surface area contributed by atoms with Gasteiger partial charge in [0.05, 0.1) is 24.8 Å². The Hall–Kier alpha value is -4.04. The number of carbonyl (C=O) groups excluding carboxylic acids is 2. The Balaban J connectivity index is 1.65. The number of hydrogen-bond acceptors (Lipinski definition) is 6. The second kappa shape index (κ2) is 10.1. The number of ketones is 1. The van der Waals surface area contributed by atoms with Crippen molar-refractivity contribution in [3.05, 3.63) is 99.9 Å². The van der Waals surface area contributed by atoms with Gasteiger partial charge in [-0.1, -0.05) is 34.1 Å². The number of halogens is 1. The minimum absolute atomic E-state index is 0.0262. The number of furan rings is 1. The lowest BCUT2D eigenvalue weighted by Crippen LogP contribution is -2.31. The molecule has 1 N–H and O–H groups in total. The molecule has 0 fully saturated rings. The Labute approximate surface area is 222 Å². The van der Waals surface area contributed by atoms with Gasteiger partial charge in [0.25, 0.3) is 5.91 Å². The highest BCUT2D eigenvalue weighted by Crippen LogP contribution is 2.43. The summed E-state index contributed by atoms with van der Waals surface area (Å²) in [6.07, 6.45) is 0. The smallest absolute Gasteiger partial charge is 0.294 e. The summed E-state index contributed by atoms with van der Waals surface area (Å²) in [5, 5.41) is 11.8. The summed E-state index contributed by atoms with van der Waals surface area (Å²) in [5.41, 5.74) is 1.53. The maximum absolute atomic E-state index is 13.8. The van der Waals surface area contributed by atoms with Gasteiger partial charge in [0.1, 0.15) is 17.1 Å². The summed E-state index contributed by atoms with van der Waals surface area (Å²) >= 11 is 3.42. The van der Waals surface area contributed by atoms with Crippen LogP contribution >= 0.6 is 15.9 Å². The molecule has 1 amide bonds. The molecule has 0 bridgehead atoms. The van der Waals surface area contributed by atoms with E-state index in [-0.39, 0.29) is 11.3 Å². The monoisotopic (exact) mass is 561 g/mol. The highest BCUT2D eigenvalue weighted by molar-refractivity contribution is 9.10. The highest BCUT2D eigenvalue weighted by Gasteiger charge is 2.45. The molecule has 4 aromatic rings. The van der Waals surface area contributed by atoms with Crippen molar-refractivity contribution in [2.45, 2.75) is 19.9 Å². The molecule has 2 heterocycles. The average Bonchev–Trinajstić information content (AvgIpc) is 3.43. The number of ether oxygens (including phenoxy) is 2. The van der Waals surface area contributed by atoms with Crippen molar-refractivity contribution in [3.63, 3.8) is 0 Å². The normalized spacial score (nSPS) is 15.5. The molecule has 3 aromatic carbocycles. The predicted molar refractivity (Wildman–Crippen MR) is 143 cm³/mol. The Morgan fingerprint density at radius 3 is 2.41 bits per heavy atom. The van der Waals surface area contributed by atoms with Gasteiger partial charge < -0.3 is 19.0 Å². The number of Topliss-reactive ketones (excluding diaryl/α,β-unsaturated/α-hetero) is 1. The van der Waals surface area contributed by atoms with E-state index in [1.165, 1.54) is 4.90 Å². The van der Waals surface area contributed by atoms with E-state index < -0.39 is 23.5 Å². The molecule has 0 saturated carbocycles. The number of aliphatic hydroxyl groups is 1. The van der Waals surface area contributed by atoms with E-state index in [0.29, 0.717) is 41.5 Å². The van der Waals surface area contributed by atoms with Crippen LogP contribution in [0.1, 0.15) is 36.0 Å². The zero-order valence-corrected chi connectivity index (χ0v) is 21.8. The summed E-state index contributed by atoms with van der Waals surface area (Å²) in [4.78, 5) is 28.7. The molecule has 0 aliphatic carbocycles.